The first-order chi connectivity index (χ1) is 14.3. The summed E-state index contributed by atoms with van der Waals surface area (Å²) in [5, 5.41) is 7.40. The summed E-state index contributed by atoms with van der Waals surface area (Å²) in [7, 11) is -3.83. The monoisotopic (exact) mass is 430 g/mol. The van der Waals surface area contributed by atoms with Crippen molar-refractivity contribution in [2.24, 2.45) is 10.2 Å². The van der Waals surface area contributed by atoms with Crippen LogP contribution in [0.15, 0.2) is 52.7 Å². The van der Waals surface area contributed by atoms with Crippen LogP contribution in [0.2, 0.25) is 0 Å². The summed E-state index contributed by atoms with van der Waals surface area (Å²) < 4.78 is 42.6. The molecule has 11 heteroatoms. The summed E-state index contributed by atoms with van der Waals surface area (Å²) in [6.07, 6.45) is 0.531. The minimum absolute atomic E-state index is 0.0861. The van der Waals surface area contributed by atoms with E-state index in [9.17, 15) is 18.3 Å². The summed E-state index contributed by atoms with van der Waals surface area (Å²) in [5.41, 5.74) is 21.0. The van der Waals surface area contributed by atoms with Gasteiger partial charge in [-0.15, -0.1) is 0 Å². The van der Waals surface area contributed by atoms with Crippen molar-refractivity contribution in [1.82, 2.24) is 0 Å². The molecule has 0 saturated carbocycles. The maximum atomic E-state index is 14.1. The molecular formula is C19H19FN6O3S. The molecular weight excluding hydrogens is 411 g/mol. The Bertz CT molecular complexity index is 1140. The van der Waals surface area contributed by atoms with Gasteiger partial charge in [0.2, 0.25) is 0 Å². The van der Waals surface area contributed by atoms with E-state index in [4.69, 9.17) is 9.71 Å². The Morgan fingerprint density at radius 1 is 1.17 bits per heavy atom. The van der Waals surface area contributed by atoms with Crippen molar-refractivity contribution in [3.63, 3.8) is 0 Å². The van der Waals surface area contributed by atoms with Gasteiger partial charge in [0.05, 0.1) is 24.9 Å². The van der Waals surface area contributed by atoms with Gasteiger partial charge in [-0.25, -0.2) is 4.39 Å². The fourth-order valence-corrected chi connectivity index (χ4v) is 4.54. The SMILES string of the molecule is CS(=O)(=O)O[C@H](CN=[N+]=[N-])C[C@@H]1c2ccccc2Cc2ccc(F)cc2[C@@H]1N=[N+]=[N-]. The zero-order valence-corrected chi connectivity index (χ0v) is 16.9. The lowest BCUT2D eigenvalue weighted by atomic mass is 9.83. The van der Waals surface area contributed by atoms with Crippen molar-refractivity contribution in [2.75, 3.05) is 12.8 Å². The lowest BCUT2D eigenvalue weighted by Gasteiger charge is -2.27. The number of rotatable bonds is 7. The second kappa shape index (κ2) is 9.15. The lowest BCUT2D eigenvalue weighted by molar-refractivity contribution is 0.192. The highest BCUT2D eigenvalue weighted by atomic mass is 32.2. The van der Waals surface area contributed by atoms with Crippen LogP contribution in [0, 0.1) is 5.82 Å². The van der Waals surface area contributed by atoms with Gasteiger partial charge >= 0.3 is 0 Å². The summed E-state index contributed by atoms with van der Waals surface area (Å²) in [4.78, 5) is 5.64. The van der Waals surface area contributed by atoms with E-state index in [1.807, 2.05) is 24.3 Å². The molecule has 0 unspecified atom stereocenters. The van der Waals surface area contributed by atoms with Crippen LogP contribution in [0.5, 0.6) is 0 Å². The highest BCUT2D eigenvalue weighted by Gasteiger charge is 2.34. The predicted octanol–water partition coefficient (Wildman–Crippen LogP) is 4.91. The van der Waals surface area contributed by atoms with E-state index < -0.39 is 34.0 Å². The van der Waals surface area contributed by atoms with E-state index in [1.54, 1.807) is 6.07 Å². The van der Waals surface area contributed by atoms with Crippen molar-refractivity contribution in [3.05, 3.63) is 91.4 Å². The largest absolute Gasteiger partial charge is 0.267 e. The summed E-state index contributed by atoms with van der Waals surface area (Å²) >= 11 is 0. The second-order valence-corrected chi connectivity index (χ2v) is 8.65. The van der Waals surface area contributed by atoms with Crippen molar-refractivity contribution in [3.8, 4) is 0 Å². The Labute approximate surface area is 172 Å². The number of benzene rings is 2. The molecule has 156 valence electrons. The van der Waals surface area contributed by atoms with E-state index in [0.717, 1.165) is 22.9 Å². The fraction of sp³-hybridized carbons (Fsp3) is 0.368. The average molecular weight is 430 g/mol. The highest BCUT2D eigenvalue weighted by molar-refractivity contribution is 7.86. The molecule has 0 spiro atoms. The van der Waals surface area contributed by atoms with Gasteiger partial charge in [0, 0.05) is 9.82 Å². The molecule has 0 amide bonds. The topological polar surface area (TPSA) is 141 Å². The normalized spacial score (nSPS) is 18.7. The third-order valence-corrected chi connectivity index (χ3v) is 5.62. The van der Waals surface area contributed by atoms with E-state index in [0.29, 0.717) is 12.0 Å². The van der Waals surface area contributed by atoms with Crippen LogP contribution in [-0.2, 0) is 20.7 Å². The Morgan fingerprint density at radius 3 is 2.60 bits per heavy atom. The summed E-state index contributed by atoms with van der Waals surface area (Å²) in [6, 6.07) is 11.1. The quantitative estimate of drug-likeness (QED) is 0.266. The fourth-order valence-electron chi connectivity index (χ4n) is 3.91. The number of azide groups is 2. The first kappa shape index (κ1) is 21.6. The van der Waals surface area contributed by atoms with Crippen LogP contribution in [0.25, 0.3) is 20.9 Å². The third kappa shape index (κ3) is 5.08. The Kier molecular flexibility index (Phi) is 6.59. The van der Waals surface area contributed by atoms with Gasteiger partial charge in [-0.05, 0) is 64.2 Å². The van der Waals surface area contributed by atoms with Crippen molar-refractivity contribution >= 4 is 10.1 Å². The van der Waals surface area contributed by atoms with Crippen LogP contribution in [0.4, 0.5) is 4.39 Å². The van der Waals surface area contributed by atoms with Crippen molar-refractivity contribution in [1.29, 1.82) is 0 Å². The highest BCUT2D eigenvalue weighted by Crippen LogP contribution is 2.44. The number of nitrogens with zero attached hydrogens (tertiary/aromatic N) is 6. The molecule has 30 heavy (non-hydrogen) atoms. The average Bonchev–Trinajstić information content (AvgIpc) is 2.81. The first-order valence-electron chi connectivity index (χ1n) is 9.12. The Morgan fingerprint density at radius 2 is 1.90 bits per heavy atom. The zero-order valence-electron chi connectivity index (χ0n) is 16.1. The smallest absolute Gasteiger partial charge is 0.264 e. The molecule has 0 fully saturated rings. The molecule has 0 aliphatic heterocycles. The number of halogens is 1. The van der Waals surface area contributed by atoms with E-state index in [-0.39, 0.29) is 13.0 Å². The zero-order chi connectivity index (χ0) is 21.7. The van der Waals surface area contributed by atoms with Crippen LogP contribution >= 0.6 is 0 Å². The molecule has 0 bridgehead atoms. The minimum Gasteiger partial charge on any atom is -0.267 e. The molecule has 9 nitrogen and oxygen atoms in total. The molecule has 3 atom stereocenters. The minimum atomic E-state index is -3.83. The van der Waals surface area contributed by atoms with Gasteiger partial charge in [0.15, 0.2) is 0 Å². The van der Waals surface area contributed by atoms with Crippen LogP contribution in [0.1, 0.15) is 40.6 Å². The molecule has 2 aromatic carbocycles. The summed E-state index contributed by atoms with van der Waals surface area (Å²) in [6.45, 7) is -0.221. The molecule has 0 saturated heterocycles. The van der Waals surface area contributed by atoms with Gasteiger partial charge in [0.1, 0.15) is 5.82 Å². The van der Waals surface area contributed by atoms with Crippen molar-refractivity contribution in [2.45, 2.75) is 30.9 Å². The van der Waals surface area contributed by atoms with Gasteiger partial charge < -0.3 is 0 Å². The van der Waals surface area contributed by atoms with E-state index in [2.05, 4.69) is 20.1 Å². The Hall–Kier alpha value is -3.10. The second-order valence-electron chi connectivity index (χ2n) is 7.05. The molecule has 0 heterocycles. The van der Waals surface area contributed by atoms with E-state index >= 15 is 0 Å². The number of fused-ring (bicyclic) bond motifs is 2. The lowest BCUT2D eigenvalue weighted by Crippen LogP contribution is -2.25. The van der Waals surface area contributed by atoms with Crippen LogP contribution in [0.3, 0.4) is 0 Å². The molecule has 0 aromatic heterocycles. The van der Waals surface area contributed by atoms with Gasteiger partial charge in [-0.2, -0.15) is 8.42 Å². The molecule has 3 rings (SSSR count). The molecule has 0 radical (unpaired) electrons. The van der Waals surface area contributed by atoms with Gasteiger partial charge in [-0.1, -0.05) is 40.6 Å². The number of hydrogen-bond donors (Lipinski definition) is 0. The third-order valence-electron chi connectivity index (χ3n) is 5.00. The molecule has 1 aliphatic carbocycles. The maximum Gasteiger partial charge on any atom is 0.264 e. The predicted molar refractivity (Wildman–Crippen MR) is 109 cm³/mol. The Balaban J connectivity index is 2.14. The van der Waals surface area contributed by atoms with Crippen molar-refractivity contribution < 1.29 is 17.0 Å². The molecule has 1 aliphatic rings. The maximum absolute atomic E-state index is 14.1. The molecule has 2 aromatic rings. The van der Waals surface area contributed by atoms with Gasteiger partial charge in [0.25, 0.3) is 10.1 Å². The molecule has 0 N–H and O–H groups in total. The van der Waals surface area contributed by atoms with E-state index in [1.165, 1.54) is 12.1 Å². The van der Waals surface area contributed by atoms with Crippen LogP contribution < -0.4 is 0 Å². The van der Waals surface area contributed by atoms with Gasteiger partial charge in [-0.3, -0.25) is 4.18 Å². The summed E-state index contributed by atoms with van der Waals surface area (Å²) in [5.74, 6) is -0.976. The first-order valence-corrected chi connectivity index (χ1v) is 10.9. The number of hydrogen-bond acceptors (Lipinski definition) is 5. The van der Waals surface area contributed by atoms with Crippen LogP contribution in [-0.4, -0.2) is 27.3 Å². The standard InChI is InChI=1S/C19H19FN6O3S/c1-30(27,28)29-15(11-23-25-21)10-18-16-5-3-2-4-12(16)8-13-6-7-14(20)9-17(13)19(18)24-26-22/h2-7,9,15,18-19H,8,10-11H2,1H3/t15-,18+,19-/m0/s1.